The molecule has 0 unspecified atom stereocenters. The molecule has 4 nitrogen and oxygen atoms in total. The van der Waals surface area contributed by atoms with E-state index in [0.29, 0.717) is 4.90 Å². The van der Waals surface area contributed by atoms with Gasteiger partial charge in [-0.15, -0.1) is 6.58 Å². The number of nitrogens with zero attached hydrogens (tertiary/aromatic N) is 1. The summed E-state index contributed by atoms with van der Waals surface area (Å²) in [4.78, 5) is 21.6. The molecule has 0 radical (unpaired) electrons. The van der Waals surface area contributed by atoms with Crippen LogP contribution in [0.25, 0.3) is 0 Å². The number of carbonyl (C=O) groups excluding carboxylic acids is 1. The van der Waals surface area contributed by atoms with E-state index in [1.165, 1.54) is 6.08 Å². The lowest BCUT2D eigenvalue weighted by molar-refractivity contribution is -0.123. The van der Waals surface area contributed by atoms with E-state index in [1.54, 1.807) is 0 Å². The number of hydrogen-bond acceptors (Lipinski definition) is 2. The number of carboxylic acid groups (broad SMARTS) is 1. The Labute approximate surface area is 64.4 Å². The Morgan fingerprint density at radius 2 is 2.00 bits per heavy atom. The van der Waals surface area contributed by atoms with Gasteiger partial charge >= 0.3 is 6.09 Å². The first-order valence-corrected chi connectivity index (χ1v) is 2.91. The molecule has 4 heteroatoms. The molecule has 0 bridgehead atoms. The van der Waals surface area contributed by atoms with Gasteiger partial charge < -0.3 is 5.11 Å². The highest BCUT2D eigenvalue weighted by molar-refractivity contribution is 5.97. The van der Waals surface area contributed by atoms with Crippen molar-refractivity contribution in [2.45, 2.75) is 0 Å². The molecule has 0 aliphatic rings. The lowest BCUT2D eigenvalue weighted by atomic mass is 10.4. The van der Waals surface area contributed by atoms with Crippen LogP contribution in [0.4, 0.5) is 4.79 Å². The summed E-state index contributed by atoms with van der Waals surface area (Å²) in [6.07, 6.45) is 0.974. The summed E-state index contributed by atoms with van der Waals surface area (Å²) in [5, 5.41) is 8.42. The first-order valence-electron chi connectivity index (χ1n) is 2.91. The molecule has 0 spiro atoms. The van der Waals surface area contributed by atoms with Crippen molar-refractivity contribution in [3.05, 3.63) is 25.3 Å². The largest absolute Gasteiger partial charge is 0.465 e. The Kier molecular flexibility index (Phi) is 3.66. The smallest absolute Gasteiger partial charge is 0.414 e. The van der Waals surface area contributed by atoms with Crippen molar-refractivity contribution in [3.8, 4) is 0 Å². The third-order valence-corrected chi connectivity index (χ3v) is 0.983. The van der Waals surface area contributed by atoms with E-state index in [2.05, 4.69) is 13.2 Å². The standard InChI is InChI=1S/C7H9NO3/c1-3-5-8(7(10)11)6(9)4-2/h3-4H,1-2,5H2,(H,10,11). The molecule has 0 saturated heterocycles. The average molecular weight is 155 g/mol. The summed E-state index contributed by atoms with van der Waals surface area (Å²) < 4.78 is 0. The topological polar surface area (TPSA) is 57.6 Å². The van der Waals surface area contributed by atoms with Crippen molar-refractivity contribution in [3.63, 3.8) is 0 Å². The van der Waals surface area contributed by atoms with Crippen LogP contribution in [0.5, 0.6) is 0 Å². The minimum absolute atomic E-state index is 0.0137. The average Bonchev–Trinajstić information content (AvgIpc) is 1.98. The molecule has 0 rings (SSSR count). The Bertz CT molecular complexity index is 198. The zero-order valence-corrected chi connectivity index (χ0v) is 5.99. The molecule has 11 heavy (non-hydrogen) atoms. The first-order chi connectivity index (χ1) is 5.13. The summed E-state index contributed by atoms with van der Waals surface area (Å²) in [6, 6.07) is 0. The van der Waals surface area contributed by atoms with Crippen LogP contribution in [-0.4, -0.2) is 28.6 Å². The van der Waals surface area contributed by atoms with Gasteiger partial charge in [0.25, 0.3) is 5.91 Å². The van der Waals surface area contributed by atoms with E-state index in [0.717, 1.165) is 6.08 Å². The fraction of sp³-hybridized carbons (Fsp3) is 0.143. The second kappa shape index (κ2) is 4.27. The molecule has 1 N–H and O–H groups in total. The maximum absolute atomic E-state index is 10.7. The molecule has 0 fully saturated rings. The van der Waals surface area contributed by atoms with Crippen LogP contribution in [0, 0.1) is 0 Å². The van der Waals surface area contributed by atoms with Gasteiger partial charge in [-0.2, -0.15) is 0 Å². The van der Waals surface area contributed by atoms with Crippen LogP contribution < -0.4 is 0 Å². The molecule has 60 valence electrons. The van der Waals surface area contributed by atoms with Gasteiger partial charge in [-0.25, -0.2) is 9.69 Å². The molecule has 0 aliphatic carbocycles. The fourth-order valence-electron chi connectivity index (χ4n) is 0.502. The minimum Gasteiger partial charge on any atom is -0.465 e. The van der Waals surface area contributed by atoms with E-state index >= 15 is 0 Å². The van der Waals surface area contributed by atoms with Crippen molar-refractivity contribution in [2.75, 3.05) is 6.54 Å². The molecule has 0 aromatic carbocycles. The molecular weight excluding hydrogens is 146 g/mol. The van der Waals surface area contributed by atoms with E-state index in [4.69, 9.17) is 5.11 Å². The highest BCUT2D eigenvalue weighted by atomic mass is 16.4. The zero-order valence-electron chi connectivity index (χ0n) is 5.99. The van der Waals surface area contributed by atoms with Crippen molar-refractivity contribution in [2.24, 2.45) is 0 Å². The van der Waals surface area contributed by atoms with Crippen LogP contribution in [0.2, 0.25) is 0 Å². The number of carbonyl (C=O) groups is 2. The van der Waals surface area contributed by atoms with E-state index in [1.807, 2.05) is 0 Å². The Balaban J connectivity index is 4.32. The number of amides is 2. The van der Waals surface area contributed by atoms with Gasteiger partial charge in [-0.3, -0.25) is 4.79 Å². The number of rotatable bonds is 3. The SMILES string of the molecule is C=CCN(C(=O)O)C(=O)C=C. The second-order valence-corrected chi connectivity index (χ2v) is 1.72. The van der Waals surface area contributed by atoms with Gasteiger partial charge in [0.05, 0.1) is 6.54 Å². The van der Waals surface area contributed by atoms with Crippen LogP contribution >= 0.6 is 0 Å². The minimum atomic E-state index is -1.30. The monoisotopic (exact) mass is 155 g/mol. The normalized spacial score (nSPS) is 8.36. The third kappa shape index (κ3) is 2.66. The number of imide groups is 1. The second-order valence-electron chi connectivity index (χ2n) is 1.72. The molecule has 0 saturated carbocycles. The Morgan fingerprint density at radius 1 is 1.45 bits per heavy atom. The Hall–Kier alpha value is -1.58. The summed E-state index contributed by atoms with van der Waals surface area (Å²) in [5.41, 5.74) is 0. The molecular formula is C7H9NO3. The van der Waals surface area contributed by atoms with Crippen LogP contribution in [-0.2, 0) is 4.79 Å². The summed E-state index contributed by atoms with van der Waals surface area (Å²) in [6.45, 7) is 6.45. The van der Waals surface area contributed by atoms with Gasteiger partial charge in [0.2, 0.25) is 0 Å². The first kappa shape index (κ1) is 9.42. The Morgan fingerprint density at radius 3 is 2.27 bits per heavy atom. The summed E-state index contributed by atoms with van der Waals surface area (Å²) in [5.74, 6) is -0.641. The lowest BCUT2D eigenvalue weighted by Crippen LogP contribution is -2.34. The molecule has 0 aromatic heterocycles. The van der Waals surface area contributed by atoms with Gasteiger partial charge in [-0.1, -0.05) is 12.7 Å². The van der Waals surface area contributed by atoms with Crippen molar-refractivity contribution in [1.82, 2.24) is 4.90 Å². The molecule has 0 heterocycles. The van der Waals surface area contributed by atoms with E-state index < -0.39 is 12.0 Å². The summed E-state index contributed by atoms with van der Waals surface area (Å²) >= 11 is 0. The summed E-state index contributed by atoms with van der Waals surface area (Å²) in [7, 11) is 0. The predicted octanol–water partition coefficient (Wildman–Crippen LogP) is 0.865. The van der Waals surface area contributed by atoms with Crippen molar-refractivity contribution >= 4 is 12.0 Å². The lowest BCUT2D eigenvalue weighted by Gasteiger charge is -2.11. The maximum atomic E-state index is 10.7. The van der Waals surface area contributed by atoms with Gasteiger partial charge in [0.1, 0.15) is 0 Å². The van der Waals surface area contributed by atoms with Crippen molar-refractivity contribution in [1.29, 1.82) is 0 Å². The fourth-order valence-corrected chi connectivity index (χ4v) is 0.502. The number of hydrogen-bond donors (Lipinski definition) is 1. The van der Waals surface area contributed by atoms with Crippen molar-refractivity contribution < 1.29 is 14.7 Å². The van der Waals surface area contributed by atoms with Crippen LogP contribution in [0.15, 0.2) is 25.3 Å². The van der Waals surface area contributed by atoms with E-state index in [-0.39, 0.29) is 6.54 Å². The molecule has 0 atom stereocenters. The molecule has 0 aliphatic heterocycles. The van der Waals surface area contributed by atoms with Gasteiger partial charge in [0.15, 0.2) is 0 Å². The van der Waals surface area contributed by atoms with E-state index in [9.17, 15) is 9.59 Å². The maximum Gasteiger partial charge on any atom is 0.414 e. The quantitative estimate of drug-likeness (QED) is 0.486. The molecule has 2 amide bonds. The van der Waals surface area contributed by atoms with Crippen LogP contribution in [0.3, 0.4) is 0 Å². The highest BCUT2D eigenvalue weighted by Gasteiger charge is 2.14. The predicted molar refractivity (Wildman–Crippen MR) is 40.1 cm³/mol. The highest BCUT2D eigenvalue weighted by Crippen LogP contribution is 1.91. The van der Waals surface area contributed by atoms with Gasteiger partial charge in [0, 0.05) is 0 Å². The van der Waals surface area contributed by atoms with Crippen LogP contribution in [0.1, 0.15) is 0 Å². The van der Waals surface area contributed by atoms with Gasteiger partial charge in [-0.05, 0) is 6.08 Å². The zero-order chi connectivity index (χ0) is 8.85. The molecule has 0 aromatic rings. The third-order valence-electron chi connectivity index (χ3n) is 0.983.